The topological polar surface area (TPSA) is 86.5 Å². The third kappa shape index (κ3) is 3.84. The van der Waals surface area contributed by atoms with Gasteiger partial charge in [0, 0.05) is 23.1 Å². The fraction of sp³-hybridized carbons (Fsp3) is 0.353. The van der Waals surface area contributed by atoms with Crippen molar-refractivity contribution in [2.75, 3.05) is 0 Å². The summed E-state index contributed by atoms with van der Waals surface area (Å²) in [5, 5.41) is 10.8. The van der Waals surface area contributed by atoms with E-state index in [0.29, 0.717) is 4.73 Å². The Labute approximate surface area is 148 Å². The van der Waals surface area contributed by atoms with Crippen LogP contribution in [0.3, 0.4) is 0 Å². The molecular formula is C17H20BrN5O. The Morgan fingerprint density at radius 1 is 1.38 bits per heavy atom. The largest absolute Gasteiger partial charge is 0.361 e. The molecule has 0 aliphatic rings. The molecule has 1 amide bonds. The van der Waals surface area contributed by atoms with Crippen LogP contribution >= 0.6 is 15.9 Å². The Hall–Kier alpha value is -2.15. The first-order valence-electron chi connectivity index (χ1n) is 8.11. The van der Waals surface area contributed by atoms with Crippen molar-refractivity contribution in [3.8, 4) is 0 Å². The van der Waals surface area contributed by atoms with E-state index in [4.69, 9.17) is 0 Å². The van der Waals surface area contributed by atoms with E-state index in [1.807, 2.05) is 18.3 Å². The number of para-hydroxylation sites is 1. The Kier molecular flexibility index (Phi) is 5.30. The van der Waals surface area contributed by atoms with Crippen molar-refractivity contribution in [1.82, 2.24) is 25.5 Å². The zero-order chi connectivity index (χ0) is 16.9. The summed E-state index contributed by atoms with van der Waals surface area (Å²) in [6.07, 6.45) is 5.88. The van der Waals surface area contributed by atoms with Crippen LogP contribution < -0.4 is 5.32 Å². The molecule has 0 spiro atoms. The number of halogens is 1. The third-order valence-electron chi connectivity index (χ3n) is 4.04. The van der Waals surface area contributed by atoms with Gasteiger partial charge >= 0.3 is 0 Å². The van der Waals surface area contributed by atoms with Crippen molar-refractivity contribution in [2.45, 2.75) is 38.6 Å². The number of fused-ring (bicyclic) bond motifs is 1. The Bertz CT molecular complexity index is 825. The minimum Gasteiger partial charge on any atom is -0.361 e. The summed E-state index contributed by atoms with van der Waals surface area (Å²) in [5.74, 6) is -0.0970. The molecule has 1 atom stereocenters. The highest BCUT2D eigenvalue weighted by atomic mass is 79.9. The van der Waals surface area contributed by atoms with Gasteiger partial charge < -0.3 is 10.3 Å². The van der Waals surface area contributed by atoms with Gasteiger partial charge in [-0.15, -0.1) is 5.10 Å². The number of benzene rings is 1. The Balaban J connectivity index is 1.75. The van der Waals surface area contributed by atoms with Gasteiger partial charge in [-0.2, -0.15) is 4.98 Å². The van der Waals surface area contributed by atoms with Gasteiger partial charge in [-0.1, -0.05) is 38.0 Å². The molecule has 0 fully saturated rings. The van der Waals surface area contributed by atoms with E-state index in [2.05, 4.69) is 60.5 Å². The quantitative estimate of drug-likeness (QED) is 0.576. The number of carbonyl (C=O) groups is 1. The summed E-state index contributed by atoms with van der Waals surface area (Å²) in [4.78, 5) is 19.7. The van der Waals surface area contributed by atoms with E-state index in [-0.39, 0.29) is 17.8 Å². The number of nitrogens with one attached hydrogen (secondary N) is 3. The molecule has 0 aliphatic carbocycles. The first kappa shape index (κ1) is 16.7. The number of amides is 1. The number of hydrogen-bond donors (Lipinski definition) is 3. The first-order chi connectivity index (χ1) is 11.7. The van der Waals surface area contributed by atoms with Crippen LogP contribution in [0.4, 0.5) is 0 Å². The molecule has 126 valence electrons. The molecular weight excluding hydrogens is 370 g/mol. The lowest BCUT2D eigenvalue weighted by atomic mass is 10.0. The molecule has 0 saturated carbocycles. The van der Waals surface area contributed by atoms with Gasteiger partial charge in [0.05, 0.1) is 0 Å². The number of carbonyl (C=O) groups excluding carboxylic acids is 1. The molecule has 3 N–H and O–H groups in total. The van der Waals surface area contributed by atoms with Crippen LogP contribution in [0.1, 0.15) is 42.4 Å². The fourth-order valence-electron chi connectivity index (χ4n) is 2.84. The molecule has 24 heavy (non-hydrogen) atoms. The summed E-state index contributed by atoms with van der Waals surface area (Å²) in [6, 6.07) is 8.26. The predicted octanol–water partition coefficient (Wildman–Crippen LogP) is 3.58. The monoisotopic (exact) mass is 389 g/mol. The number of aromatic nitrogens is 4. The molecule has 1 unspecified atom stereocenters. The van der Waals surface area contributed by atoms with Gasteiger partial charge in [0.2, 0.25) is 5.82 Å². The Morgan fingerprint density at radius 2 is 2.21 bits per heavy atom. The highest BCUT2D eigenvalue weighted by Crippen LogP contribution is 2.20. The molecule has 0 saturated heterocycles. The van der Waals surface area contributed by atoms with Crippen molar-refractivity contribution in [1.29, 1.82) is 0 Å². The fourth-order valence-corrected chi connectivity index (χ4v) is 3.09. The number of unbranched alkanes of at least 4 members (excludes halogenated alkanes) is 1. The number of H-pyrrole nitrogens is 2. The van der Waals surface area contributed by atoms with Gasteiger partial charge in [0.15, 0.2) is 4.73 Å². The third-order valence-corrected chi connectivity index (χ3v) is 4.40. The second kappa shape index (κ2) is 7.61. The number of hydrogen-bond acceptors (Lipinski definition) is 3. The minimum atomic E-state index is -0.252. The SMILES string of the molecule is CCCCC(Cc1c[nH]c2ccccc12)NC(=O)c1n[nH]c(Br)n1. The summed E-state index contributed by atoms with van der Waals surface area (Å²) in [6.45, 7) is 2.15. The van der Waals surface area contributed by atoms with Gasteiger partial charge in [-0.3, -0.25) is 9.89 Å². The standard InChI is InChI=1S/C17H20BrN5O/c1-2-3-6-12(20-16(24)15-21-17(18)23-22-15)9-11-10-19-14-8-5-4-7-13(11)14/h4-5,7-8,10,12,19H,2-3,6,9H2,1H3,(H,20,24)(H,21,22,23). The number of aromatic amines is 2. The maximum atomic E-state index is 12.3. The molecule has 2 aromatic heterocycles. The smallest absolute Gasteiger partial charge is 0.291 e. The predicted molar refractivity (Wildman–Crippen MR) is 96.9 cm³/mol. The van der Waals surface area contributed by atoms with E-state index >= 15 is 0 Å². The van der Waals surface area contributed by atoms with Crippen molar-refractivity contribution in [3.63, 3.8) is 0 Å². The van der Waals surface area contributed by atoms with Crippen molar-refractivity contribution in [3.05, 3.63) is 46.6 Å². The van der Waals surface area contributed by atoms with E-state index in [9.17, 15) is 4.79 Å². The maximum absolute atomic E-state index is 12.3. The molecule has 0 aliphatic heterocycles. The second-order valence-corrected chi connectivity index (χ2v) is 6.58. The summed E-state index contributed by atoms with van der Waals surface area (Å²) in [7, 11) is 0. The number of rotatable bonds is 7. The number of nitrogens with zero attached hydrogens (tertiary/aromatic N) is 2. The van der Waals surface area contributed by atoms with Crippen LogP contribution in [0, 0.1) is 0 Å². The van der Waals surface area contributed by atoms with Crippen LogP contribution in [0.2, 0.25) is 0 Å². The van der Waals surface area contributed by atoms with Gasteiger partial charge in [-0.25, -0.2) is 0 Å². The summed E-state index contributed by atoms with van der Waals surface area (Å²) >= 11 is 3.17. The maximum Gasteiger partial charge on any atom is 0.291 e. The van der Waals surface area contributed by atoms with Crippen molar-refractivity contribution >= 4 is 32.7 Å². The van der Waals surface area contributed by atoms with Crippen LogP contribution in [0.15, 0.2) is 35.2 Å². The summed E-state index contributed by atoms with van der Waals surface area (Å²) < 4.78 is 0.453. The zero-order valence-electron chi connectivity index (χ0n) is 13.5. The Morgan fingerprint density at radius 3 is 2.96 bits per heavy atom. The normalized spacial score (nSPS) is 12.4. The lowest BCUT2D eigenvalue weighted by Crippen LogP contribution is -2.37. The molecule has 0 bridgehead atoms. The highest BCUT2D eigenvalue weighted by molar-refractivity contribution is 9.10. The average Bonchev–Trinajstić information content (AvgIpc) is 3.19. The van der Waals surface area contributed by atoms with Crippen molar-refractivity contribution in [2.24, 2.45) is 0 Å². The lowest BCUT2D eigenvalue weighted by Gasteiger charge is -2.17. The van der Waals surface area contributed by atoms with Crippen LogP contribution in [0.25, 0.3) is 10.9 Å². The molecule has 3 aromatic rings. The van der Waals surface area contributed by atoms with Crippen LogP contribution in [0.5, 0.6) is 0 Å². The van der Waals surface area contributed by atoms with E-state index < -0.39 is 0 Å². The molecule has 2 heterocycles. The molecule has 6 nitrogen and oxygen atoms in total. The van der Waals surface area contributed by atoms with Crippen LogP contribution in [-0.4, -0.2) is 32.1 Å². The average molecular weight is 390 g/mol. The van der Waals surface area contributed by atoms with Gasteiger partial charge in [0.1, 0.15) is 0 Å². The van der Waals surface area contributed by atoms with Crippen LogP contribution in [-0.2, 0) is 6.42 Å². The highest BCUT2D eigenvalue weighted by Gasteiger charge is 2.18. The van der Waals surface area contributed by atoms with E-state index in [0.717, 1.165) is 31.2 Å². The van der Waals surface area contributed by atoms with Crippen molar-refractivity contribution < 1.29 is 4.79 Å². The second-order valence-electron chi connectivity index (χ2n) is 5.83. The molecule has 0 radical (unpaired) electrons. The van der Waals surface area contributed by atoms with Gasteiger partial charge in [0.25, 0.3) is 5.91 Å². The minimum absolute atomic E-state index is 0.0499. The molecule has 7 heteroatoms. The van der Waals surface area contributed by atoms with Gasteiger partial charge in [-0.05, 0) is 40.4 Å². The van der Waals surface area contributed by atoms with E-state index in [1.165, 1.54) is 10.9 Å². The molecule has 1 aromatic carbocycles. The lowest BCUT2D eigenvalue weighted by molar-refractivity contribution is 0.0924. The molecule has 3 rings (SSSR count). The summed E-state index contributed by atoms with van der Waals surface area (Å²) in [5.41, 5.74) is 2.33. The zero-order valence-corrected chi connectivity index (χ0v) is 15.1. The van der Waals surface area contributed by atoms with E-state index in [1.54, 1.807) is 0 Å². The first-order valence-corrected chi connectivity index (χ1v) is 8.90.